The van der Waals surface area contributed by atoms with Crippen molar-refractivity contribution in [2.45, 2.75) is 0 Å². The van der Waals surface area contributed by atoms with Gasteiger partial charge >= 0.3 is 0 Å². The Morgan fingerprint density at radius 3 is 2.47 bits per heavy atom. The molecule has 1 aliphatic rings. The molecule has 0 aliphatic carbocycles. The third kappa shape index (κ3) is 2.79. The number of hydrogen-bond acceptors (Lipinski definition) is 3. The molecule has 0 unspecified atom stereocenters. The van der Waals surface area contributed by atoms with E-state index in [4.69, 9.17) is 11.1 Å². The lowest BCUT2D eigenvalue weighted by Gasteiger charge is -2.34. The van der Waals surface area contributed by atoms with Crippen LogP contribution >= 0.6 is 15.9 Å². The Kier molecular flexibility index (Phi) is 3.69. The number of benzene rings is 1. The molecular weight excluding hydrogens is 280 g/mol. The van der Waals surface area contributed by atoms with Crippen LogP contribution < -0.4 is 10.6 Å². The van der Waals surface area contributed by atoms with Gasteiger partial charge in [0, 0.05) is 36.2 Å². The summed E-state index contributed by atoms with van der Waals surface area (Å²) in [5, 5.41) is 7.41. The molecule has 92 valence electrons. The largest absolute Gasteiger partial charge is 0.384 e. The minimum Gasteiger partial charge on any atom is -0.384 e. The molecular formula is C12H17BrN4. The van der Waals surface area contributed by atoms with Gasteiger partial charge in [0.1, 0.15) is 5.84 Å². The second-order valence-corrected chi connectivity index (χ2v) is 5.22. The van der Waals surface area contributed by atoms with E-state index < -0.39 is 0 Å². The van der Waals surface area contributed by atoms with Gasteiger partial charge in [-0.15, -0.1) is 0 Å². The quantitative estimate of drug-likeness (QED) is 0.642. The summed E-state index contributed by atoms with van der Waals surface area (Å²) in [5.74, 6) is 0.107. The van der Waals surface area contributed by atoms with E-state index in [0.717, 1.165) is 36.2 Å². The van der Waals surface area contributed by atoms with Gasteiger partial charge < -0.3 is 15.5 Å². The van der Waals surface area contributed by atoms with Crippen LogP contribution in [0.5, 0.6) is 0 Å². The van der Waals surface area contributed by atoms with Crippen LogP contribution in [0.1, 0.15) is 5.56 Å². The highest BCUT2D eigenvalue weighted by molar-refractivity contribution is 9.10. The lowest BCUT2D eigenvalue weighted by Crippen LogP contribution is -2.44. The minimum absolute atomic E-state index is 0.107. The fourth-order valence-electron chi connectivity index (χ4n) is 1.98. The third-order valence-electron chi connectivity index (χ3n) is 3.10. The number of nitrogen functional groups attached to an aromatic ring is 1. The molecule has 0 aromatic heterocycles. The fourth-order valence-corrected chi connectivity index (χ4v) is 2.61. The van der Waals surface area contributed by atoms with E-state index in [1.807, 2.05) is 18.2 Å². The number of nitrogens with two attached hydrogens (primary N) is 1. The molecule has 1 saturated heterocycles. The molecule has 0 spiro atoms. The van der Waals surface area contributed by atoms with Gasteiger partial charge in [-0.1, -0.05) is 0 Å². The zero-order valence-electron chi connectivity index (χ0n) is 9.91. The van der Waals surface area contributed by atoms with Gasteiger partial charge in [-0.2, -0.15) is 0 Å². The van der Waals surface area contributed by atoms with E-state index in [9.17, 15) is 0 Å². The molecule has 0 amide bonds. The molecule has 1 heterocycles. The van der Waals surface area contributed by atoms with Crippen molar-refractivity contribution in [1.82, 2.24) is 4.90 Å². The Hall–Kier alpha value is -1.07. The predicted octanol–water partition coefficient (Wildman–Crippen LogP) is 1.48. The molecule has 2 rings (SSSR count). The summed E-state index contributed by atoms with van der Waals surface area (Å²) in [6.07, 6.45) is 0. The lowest BCUT2D eigenvalue weighted by atomic mass is 10.1. The molecule has 17 heavy (non-hydrogen) atoms. The standard InChI is InChI=1S/C12H17BrN4/c1-16-4-6-17(7-5-16)11-3-2-9(12(14)15)8-10(11)13/h2-3,8H,4-7H2,1H3,(H3,14,15). The summed E-state index contributed by atoms with van der Waals surface area (Å²) >= 11 is 3.56. The summed E-state index contributed by atoms with van der Waals surface area (Å²) in [6, 6.07) is 5.85. The first-order valence-electron chi connectivity index (χ1n) is 5.65. The Bertz CT molecular complexity index is 425. The van der Waals surface area contributed by atoms with Crippen LogP contribution in [0, 0.1) is 5.41 Å². The van der Waals surface area contributed by atoms with Gasteiger partial charge in [0.05, 0.1) is 5.69 Å². The van der Waals surface area contributed by atoms with Crippen molar-refractivity contribution in [3.05, 3.63) is 28.2 Å². The zero-order valence-corrected chi connectivity index (χ0v) is 11.5. The SMILES string of the molecule is CN1CCN(c2ccc(C(=N)N)cc2Br)CC1. The molecule has 5 heteroatoms. The van der Waals surface area contributed by atoms with E-state index in [2.05, 4.69) is 32.8 Å². The second-order valence-electron chi connectivity index (χ2n) is 4.37. The fraction of sp³-hybridized carbons (Fsp3) is 0.417. The van der Waals surface area contributed by atoms with E-state index in [1.165, 1.54) is 5.69 Å². The van der Waals surface area contributed by atoms with E-state index in [1.54, 1.807) is 0 Å². The molecule has 0 bridgehead atoms. The summed E-state index contributed by atoms with van der Waals surface area (Å²) in [7, 11) is 2.14. The smallest absolute Gasteiger partial charge is 0.122 e. The Morgan fingerprint density at radius 1 is 1.29 bits per heavy atom. The molecule has 1 aromatic carbocycles. The maximum atomic E-state index is 7.41. The second kappa shape index (κ2) is 5.06. The van der Waals surface area contributed by atoms with E-state index in [-0.39, 0.29) is 5.84 Å². The van der Waals surface area contributed by atoms with Crippen LogP contribution in [0.2, 0.25) is 0 Å². The van der Waals surface area contributed by atoms with Gasteiger partial charge in [0.2, 0.25) is 0 Å². The van der Waals surface area contributed by atoms with Crippen LogP contribution in [0.4, 0.5) is 5.69 Å². The van der Waals surface area contributed by atoms with Crippen molar-refractivity contribution < 1.29 is 0 Å². The van der Waals surface area contributed by atoms with Crippen molar-refractivity contribution in [3.8, 4) is 0 Å². The van der Waals surface area contributed by atoms with Crippen molar-refractivity contribution in [1.29, 1.82) is 5.41 Å². The average molecular weight is 297 g/mol. The first-order valence-corrected chi connectivity index (χ1v) is 6.44. The highest BCUT2D eigenvalue weighted by atomic mass is 79.9. The van der Waals surface area contributed by atoms with Gasteiger partial charge in [-0.05, 0) is 41.2 Å². The Morgan fingerprint density at radius 2 is 1.94 bits per heavy atom. The number of nitrogens with one attached hydrogen (secondary N) is 1. The summed E-state index contributed by atoms with van der Waals surface area (Å²) in [4.78, 5) is 4.68. The molecule has 0 atom stereocenters. The van der Waals surface area contributed by atoms with Gasteiger partial charge in [0.15, 0.2) is 0 Å². The normalized spacial score (nSPS) is 17.2. The molecule has 1 fully saturated rings. The third-order valence-corrected chi connectivity index (χ3v) is 3.74. The number of hydrogen-bond donors (Lipinski definition) is 2. The molecule has 0 radical (unpaired) electrons. The number of nitrogens with zero attached hydrogens (tertiary/aromatic N) is 2. The summed E-state index contributed by atoms with van der Waals surface area (Å²) in [6.45, 7) is 4.24. The van der Waals surface area contributed by atoms with E-state index >= 15 is 0 Å². The summed E-state index contributed by atoms with van der Waals surface area (Å²) < 4.78 is 1.01. The van der Waals surface area contributed by atoms with Crippen molar-refractivity contribution in [3.63, 3.8) is 0 Å². The van der Waals surface area contributed by atoms with Crippen LogP contribution in [-0.4, -0.2) is 44.0 Å². The maximum absolute atomic E-state index is 7.41. The topological polar surface area (TPSA) is 56.4 Å². The lowest BCUT2D eigenvalue weighted by molar-refractivity contribution is 0.312. The number of rotatable bonds is 2. The first kappa shape index (κ1) is 12.4. The highest BCUT2D eigenvalue weighted by Gasteiger charge is 2.16. The monoisotopic (exact) mass is 296 g/mol. The van der Waals surface area contributed by atoms with Crippen molar-refractivity contribution in [2.75, 3.05) is 38.1 Å². The maximum Gasteiger partial charge on any atom is 0.122 e. The molecule has 0 saturated carbocycles. The number of anilines is 1. The average Bonchev–Trinajstić information content (AvgIpc) is 2.30. The van der Waals surface area contributed by atoms with Crippen LogP contribution in [0.15, 0.2) is 22.7 Å². The van der Waals surface area contributed by atoms with E-state index in [0.29, 0.717) is 0 Å². The zero-order chi connectivity index (χ0) is 12.4. The Labute approximate surface area is 110 Å². The number of likely N-dealkylation sites (N-methyl/N-ethyl adjacent to an activating group) is 1. The molecule has 3 N–H and O–H groups in total. The molecule has 1 aliphatic heterocycles. The highest BCUT2D eigenvalue weighted by Crippen LogP contribution is 2.28. The van der Waals surface area contributed by atoms with Gasteiger partial charge in [0.25, 0.3) is 0 Å². The summed E-state index contributed by atoms with van der Waals surface area (Å²) in [5.41, 5.74) is 7.41. The Balaban J connectivity index is 2.19. The molecule has 4 nitrogen and oxygen atoms in total. The van der Waals surface area contributed by atoms with Crippen LogP contribution in [-0.2, 0) is 0 Å². The van der Waals surface area contributed by atoms with Crippen molar-refractivity contribution in [2.24, 2.45) is 5.73 Å². The van der Waals surface area contributed by atoms with Crippen LogP contribution in [0.3, 0.4) is 0 Å². The number of amidine groups is 1. The number of piperazine rings is 1. The minimum atomic E-state index is 0.107. The van der Waals surface area contributed by atoms with Crippen molar-refractivity contribution >= 4 is 27.5 Å². The molecule has 1 aromatic rings. The van der Waals surface area contributed by atoms with Gasteiger partial charge in [-0.25, -0.2) is 0 Å². The predicted molar refractivity (Wildman–Crippen MR) is 74.9 cm³/mol. The van der Waals surface area contributed by atoms with Gasteiger partial charge in [-0.3, -0.25) is 5.41 Å². The first-order chi connectivity index (χ1) is 8.08. The number of halogens is 1. The van der Waals surface area contributed by atoms with Crippen LogP contribution in [0.25, 0.3) is 0 Å².